The lowest BCUT2D eigenvalue weighted by Gasteiger charge is -2.08. The zero-order valence-electron chi connectivity index (χ0n) is 9.65. The molecule has 0 fully saturated rings. The second-order valence-electron chi connectivity index (χ2n) is 3.78. The van der Waals surface area contributed by atoms with Crippen LogP contribution in [0.15, 0.2) is 35.3 Å². The highest BCUT2D eigenvalue weighted by Gasteiger charge is 2.06. The monoisotopic (exact) mass is 283 g/mol. The number of nitrogens with zero attached hydrogens (tertiary/aromatic N) is 2. The van der Waals surface area contributed by atoms with Gasteiger partial charge in [0.25, 0.3) is 5.56 Å². The van der Waals surface area contributed by atoms with Crippen LogP contribution in [0.3, 0.4) is 0 Å². The summed E-state index contributed by atoms with van der Waals surface area (Å²) in [5.74, 6) is 0. The minimum atomic E-state index is -0.322. The van der Waals surface area contributed by atoms with Crippen molar-refractivity contribution in [3.63, 3.8) is 0 Å². The molecule has 4 nitrogen and oxygen atoms in total. The minimum absolute atomic E-state index is 0.140. The van der Waals surface area contributed by atoms with Crippen molar-refractivity contribution in [2.45, 2.75) is 6.54 Å². The summed E-state index contributed by atoms with van der Waals surface area (Å²) in [6.45, 7) is 0.547. The van der Waals surface area contributed by atoms with Gasteiger partial charge in [0.05, 0.1) is 11.9 Å². The molecule has 1 aromatic heterocycles. The summed E-state index contributed by atoms with van der Waals surface area (Å²) in [5, 5.41) is 7.80. The number of nitrogens with one attached hydrogen (secondary N) is 1. The van der Waals surface area contributed by atoms with E-state index in [4.69, 9.17) is 23.2 Å². The molecule has 94 valence electrons. The lowest BCUT2D eigenvalue weighted by Crippen LogP contribution is -2.21. The largest absolute Gasteiger partial charge is 0.378 e. The van der Waals surface area contributed by atoms with Crippen LogP contribution < -0.4 is 10.9 Å². The lowest BCUT2D eigenvalue weighted by atomic mass is 10.2. The zero-order chi connectivity index (χ0) is 13.1. The average Bonchev–Trinajstić information content (AvgIpc) is 2.37. The van der Waals surface area contributed by atoms with Gasteiger partial charge in [-0.05, 0) is 17.7 Å². The molecule has 0 bridgehead atoms. The standard InChI is InChI=1S/C12H11Cl2N3O/c1-17-12(18)11(14)10(7-16-17)15-6-8-2-4-9(13)5-3-8/h2-5,7,15H,6H2,1H3. The van der Waals surface area contributed by atoms with Crippen LogP contribution in [0.5, 0.6) is 0 Å². The SMILES string of the molecule is Cn1ncc(NCc2ccc(Cl)cc2)c(Cl)c1=O. The van der Waals surface area contributed by atoms with Crippen molar-refractivity contribution in [1.29, 1.82) is 0 Å². The van der Waals surface area contributed by atoms with Crippen molar-refractivity contribution in [3.05, 3.63) is 56.4 Å². The van der Waals surface area contributed by atoms with Crippen LogP contribution in [0, 0.1) is 0 Å². The smallest absolute Gasteiger partial charge is 0.287 e. The second-order valence-corrected chi connectivity index (χ2v) is 4.60. The van der Waals surface area contributed by atoms with Crippen molar-refractivity contribution in [2.75, 3.05) is 5.32 Å². The van der Waals surface area contributed by atoms with Crippen LogP contribution in [-0.2, 0) is 13.6 Å². The van der Waals surface area contributed by atoms with Gasteiger partial charge in [0.2, 0.25) is 0 Å². The molecule has 1 aromatic carbocycles. The first-order chi connectivity index (χ1) is 8.58. The number of aromatic nitrogens is 2. The molecule has 0 atom stereocenters. The van der Waals surface area contributed by atoms with Crippen molar-refractivity contribution in [2.24, 2.45) is 7.05 Å². The van der Waals surface area contributed by atoms with E-state index in [-0.39, 0.29) is 10.6 Å². The van der Waals surface area contributed by atoms with Gasteiger partial charge in [-0.25, -0.2) is 4.68 Å². The van der Waals surface area contributed by atoms with Crippen LogP contribution in [-0.4, -0.2) is 9.78 Å². The molecule has 0 aliphatic rings. The van der Waals surface area contributed by atoms with E-state index >= 15 is 0 Å². The first-order valence-corrected chi connectivity index (χ1v) is 6.03. The third-order valence-electron chi connectivity index (χ3n) is 2.47. The summed E-state index contributed by atoms with van der Waals surface area (Å²) in [6.07, 6.45) is 1.53. The van der Waals surface area contributed by atoms with E-state index < -0.39 is 0 Å². The normalized spacial score (nSPS) is 10.4. The molecule has 0 saturated carbocycles. The van der Waals surface area contributed by atoms with Crippen molar-refractivity contribution < 1.29 is 0 Å². The van der Waals surface area contributed by atoms with Crippen LogP contribution >= 0.6 is 23.2 Å². The Morgan fingerprint density at radius 2 is 1.94 bits per heavy atom. The number of benzene rings is 1. The molecule has 6 heteroatoms. The Kier molecular flexibility index (Phi) is 3.89. The molecule has 0 saturated heterocycles. The molecule has 0 unspecified atom stereocenters. The Morgan fingerprint density at radius 3 is 2.61 bits per heavy atom. The van der Waals surface area contributed by atoms with Crippen molar-refractivity contribution in [3.8, 4) is 0 Å². The van der Waals surface area contributed by atoms with Gasteiger partial charge in [-0.15, -0.1) is 0 Å². The van der Waals surface area contributed by atoms with E-state index in [0.717, 1.165) is 5.56 Å². The first kappa shape index (κ1) is 12.9. The second kappa shape index (κ2) is 5.42. The maximum Gasteiger partial charge on any atom is 0.287 e. The highest BCUT2D eigenvalue weighted by Crippen LogP contribution is 2.16. The molecule has 0 aliphatic heterocycles. The minimum Gasteiger partial charge on any atom is -0.378 e. The predicted molar refractivity (Wildman–Crippen MR) is 73.3 cm³/mol. The molecule has 0 aliphatic carbocycles. The maximum absolute atomic E-state index is 11.6. The molecular weight excluding hydrogens is 273 g/mol. The van der Waals surface area contributed by atoms with Gasteiger partial charge in [0.1, 0.15) is 5.02 Å². The van der Waals surface area contributed by atoms with Gasteiger partial charge in [0, 0.05) is 18.6 Å². The quantitative estimate of drug-likeness (QED) is 0.942. The topological polar surface area (TPSA) is 46.9 Å². The van der Waals surface area contributed by atoms with Gasteiger partial charge in [-0.1, -0.05) is 35.3 Å². The van der Waals surface area contributed by atoms with Gasteiger partial charge in [-0.3, -0.25) is 4.79 Å². The first-order valence-electron chi connectivity index (χ1n) is 5.28. The van der Waals surface area contributed by atoms with E-state index in [0.29, 0.717) is 17.3 Å². The van der Waals surface area contributed by atoms with Crippen LogP contribution in [0.4, 0.5) is 5.69 Å². The number of aryl methyl sites for hydroxylation is 1. The molecular formula is C12H11Cl2N3O. The lowest BCUT2D eigenvalue weighted by molar-refractivity contribution is 0.708. The van der Waals surface area contributed by atoms with E-state index in [2.05, 4.69) is 10.4 Å². The fourth-order valence-electron chi connectivity index (χ4n) is 1.43. The predicted octanol–water partition coefficient (Wildman–Crippen LogP) is 2.70. The van der Waals surface area contributed by atoms with Gasteiger partial charge < -0.3 is 5.32 Å². The number of hydrogen-bond acceptors (Lipinski definition) is 3. The van der Waals surface area contributed by atoms with Crippen molar-refractivity contribution >= 4 is 28.9 Å². The van der Waals surface area contributed by atoms with Crippen LogP contribution in [0.1, 0.15) is 5.56 Å². The van der Waals surface area contributed by atoms with Gasteiger partial charge in [0.15, 0.2) is 0 Å². The highest BCUT2D eigenvalue weighted by molar-refractivity contribution is 6.32. The molecule has 1 N–H and O–H groups in total. The number of anilines is 1. The molecule has 2 rings (SSSR count). The fraction of sp³-hybridized carbons (Fsp3) is 0.167. The highest BCUT2D eigenvalue weighted by atomic mass is 35.5. The number of halogens is 2. The summed E-state index contributed by atoms with van der Waals surface area (Å²) in [5.41, 5.74) is 1.24. The van der Waals surface area contributed by atoms with E-state index in [9.17, 15) is 4.79 Å². The molecule has 18 heavy (non-hydrogen) atoms. The Hall–Kier alpha value is -1.52. The maximum atomic E-state index is 11.6. The number of hydrogen-bond donors (Lipinski definition) is 1. The molecule has 0 radical (unpaired) electrons. The van der Waals surface area contributed by atoms with Crippen LogP contribution in [0.2, 0.25) is 10.0 Å². The Bertz CT molecular complexity index is 608. The van der Waals surface area contributed by atoms with E-state index in [1.807, 2.05) is 24.3 Å². The van der Waals surface area contributed by atoms with Gasteiger partial charge in [-0.2, -0.15) is 5.10 Å². The summed E-state index contributed by atoms with van der Waals surface area (Å²) in [4.78, 5) is 11.6. The summed E-state index contributed by atoms with van der Waals surface area (Å²) in [7, 11) is 1.55. The Balaban J connectivity index is 2.13. The summed E-state index contributed by atoms with van der Waals surface area (Å²) < 4.78 is 1.19. The fourth-order valence-corrected chi connectivity index (χ4v) is 1.80. The molecule has 0 amide bonds. The molecule has 0 spiro atoms. The summed E-state index contributed by atoms with van der Waals surface area (Å²) >= 11 is 11.7. The van der Waals surface area contributed by atoms with E-state index in [1.54, 1.807) is 7.05 Å². The average molecular weight is 284 g/mol. The van der Waals surface area contributed by atoms with E-state index in [1.165, 1.54) is 10.9 Å². The Morgan fingerprint density at radius 1 is 1.28 bits per heavy atom. The molecule has 2 aromatic rings. The Labute approximate surface area is 114 Å². The third-order valence-corrected chi connectivity index (χ3v) is 3.09. The van der Waals surface area contributed by atoms with Crippen molar-refractivity contribution in [1.82, 2.24) is 9.78 Å². The van der Waals surface area contributed by atoms with Crippen LogP contribution in [0.25, 0.3) is 0 Å². The number of rotatable bonds is 3. The molecule has 1 heterocycles. The third kappa shape index (κ3) is 2.83. The summed E-state index contributed by atoms with van der Waals surface area (Å²) in [6, 6.07) is 7.42. The van der Waals surface area contributed by atoms with Gasteiger partial charge >= 0.3 is 0 Å². The zero-order valence-corrected chi connectivity index (χ0v) is 11.2.